The van der Waals surface area contributed by atoms with Crippen LogP contribution in [0.2, 0.25) is 25.7 Å². The molecule has 238 valence electrons. The molecule has 3 heterocycles. The van der Waals surface area contributed by atoms with Crippen molar-refractivity contribution < 1.29 is 23.6 Å². The van der Waals surface area contributed by atoms with Crippen LogP contribution in [-0.2, 0) is 34.6 Å². The molecule has 1 aromatic carbocycles. The molecule has 0 saturated carbocycles. The van der Waals surface area contributed by atoms with E-state index < -0.39 is 30.2 Å². The number of rotatable bonds is 11. The topological polar surface area (TPSA) is 116 Å². The fourth-order valence-corrected chi connectivity index (χ4v) is 5.95. The first kappa shape index (κ1) is 33.7. The SMILES string of the molecule is COc1cc(C(=O)OC(C)C)cc2nc(-c3cc4ccc(/C(C)=N/[S@@+]([O-])C(C)(C)C)nc4n3COCC[Si](C)(C)C)n(C)c12. The van der Waals surface area contributed by atoms with Gasteiger partial charge in [-0.05, 0) is 77.9 Å². The number of imidazole rings is 1. The molecule has 0 N–H and O–H groups in total. The minimum absolute atomic E-state index is 0.250. The van der Waals surface area contributed by atoms with Gasteiger partial charge in [0.25, 0.3) is 0 Å². The molecule has 0 spiro atoms. The first-order valence-corrected chi connectivity index (χ1v) is 19.6. The molecule has 0 fully saturated rings. The summed E-state index contributed by atoms with van der Waals surface area (Å²) in [5, 5.41) is 0.905. The zero-order chi connectivity index (χ0) is 32.6. The van der Waals surface area contributed by atoms with E-state index in [1.165, 1.54) is 0 Å². The molecule has 0 bridgehead atoms. The monoisotopic (exact) mass is 639 g/mol. The molecule has 0 unspecified atom stereocenters. The fourth-order valence-electron chi connectivity index (χ4n) is 4.58. The number of esters is 1. The average Bonchev–Trinajstić information content (AvgIpc) is 3.45. The lowest BCUT2D eigenvalue weighted by atomic mass is 10.2. The number of aryl methyl sites for hydroxylation is 1. The van der Waals surface area contributed by atoms with Gasteiger partial charge < -0.3 is 23.3 Å². The van der Waals surface area contributed by atoms with Crippen LogP contribution in [0.25, 0.3) is 33.6 Å². The lowest BCUT2D eigenvalue weighted by molar-refractivity contribution is 0.0377. The van der Waals surface area contributed by atoms with E-state index in [4.69, 9.17) is 24.2 Å². The quantitative estimate of drug-likeness (QED) is 0.0586. The van der Waals surface area contributed by atoms with Crippen molar-refractivity contribution >= 4 is 53.2 Å². The van der Waals surface area contributed by atoms with E-state index in [2.05, 4.69) is 24.0 Å². The third-order valence-electron chi connectivity index (χ3n) is 7.04. The third kappa shape index (κ3) is 7.53. The number of ether oxygens (including phenoxy) is 3. The maximum Gasteiger partial charge on any atom is 0.338 e. The first-order chi connectivity index (χ1) is 20.5. The number of pyridine rings is 1. The van der Waals surface area contributed by atoms with Crippen LogP contribution in [0.4, 0.5) is 0 Å². The van der Waals surface area contributed by atoms with Crippen LogP contribution in [0.1, 0.15) is 57.6 Å². The first-order valence-electron chi connectivity index (χ1n) is 14.8. The molecular formula is C32H45N5O5SSi. The second-order valence-electron chi connectivity index (χ2n) is 13.4. The molecule has 1 atom stereocenters. The molecule has 0 aliphatic heterocycles. The summed E-state index contributed by atoms with van der Waals surface area (Å²) in [5.41, 5.74) is 4.48. The van der Waals surface area contributed by atoms with E-state index in [0.29, 0.717) is 46.3 Å². The van der Waals surface area contributed by atoms with Gasteiger partial charge in [-0.1, -0.05) is 24.0 Å². The third-order valence-corrected chi connectivity index (χ3v) is 10.2. The number of aromatic nitrogens is 4. The Morgan fingerprint density at radius 2 is 1.84 bits per heavy atom. The summed E-state index contributed by atoms with van der Waals surface area (Å²) in [6, 6.07) is 10.4. The van der Waals surface area contributed by atoms with Crippen LogP contribution in [-0.4, -0.2) is 68.0 Å². The Morgan fingerprint density at radius 3 is 2.45 bits per heavy atom. The van der Waals surface area contributed by atoms with Gasteiger partial charge in [-0.25, -0.2) is 14.8 Å². The van der Waals surface area contributed by atoms with E-state index in [-0.39, 0.29) is 12.8 Å². The summed E-state index contributed by atoms with van der Waals surface area (Å²) in [4.78, 5) is 22.7. The highest BCUT2D eigenvalue weighted by molar-refractivity contribution is 7.91. The normalized spacial score (nSPS) is 13.7. The lowest BCUT2D eigenvalue weighted by Crippen LogP contribution is -2.26. The highest BCUT2D eigenvalue weighted by Crippen LogP contribution is 2.34. The standard InChI is InChI=1S/C32H45N5O5SSi/c1-20(2)42-31(38)23-16-25-28(27(18-23)40-8)36(7)30(34-25)26-17-22-12-13-24(21(3)35-43(39)32(4,5)6)33-29(22)37(26)19-41-14-15-44(9,10)11/h12-13,16-18,20H,14-15,19H2,1-11H3/b35-21+/t43-/m0/s1. The smallest absolute Gasteiger partial charge is 0.338 e. The van der Waals surface area contributed by atoms with Gasteiger partial charge in [-0.15, -0.1) is 0 Å². The van der Waals surface area contributed by atoms with E-state index in [9.17, 15) is 9.35 Å². The van der Waals surface area contributed by atoms with Crippen LogP contribution in [0.5, 0.6) is 5.75 Å². The zero-order valence-corrected chi connectivity index (χ0v) is 29.6. The second kappa shape index (κ2) is 13.0. The highest BCUT2D eigenvalue weighted by Gasteiger charge is 2.27. The molecule has 0 aliphatic rings. The van der Waals surface area contributed by atoms with Crippen molar-refractivity contribution in [2.45, 2.75) is 84.8 Å². The Labute approximate surface area is 264 Å². The van der Waals surface area contributed by atoms with Gasteiger partial charge in [0, 0.05) is 27.1 Å². The molecule has 3 aromatic heterocycles. The van der Waals surface area contributed by atoms with Gasteiger partial charge >= 0.3 is 5.97 Å². The molecule has 44 heavy (non-hydrogen) atoms. The molecule has 4 rings (SSSR count). The molecule has 0 aliphatic carbocycles. The molecule has 10 nitrogen and oxygen atoms in total. The van der Waals surface area contributed by atoms with Crippen LogP contribution in [0.15, 0.2) is 34.7 Å². The van der Waals surface area contributed by atoms with E-state index in [0.717, 1.165) is 22.6 Å². The lowest BCUT2D eigenvalue weighted by Gasteiger charge is -2.18. The van der Waals surface area contributed by atoms with Crippen LogP contribution in [0.3, 0.4) is 0 Å². The summed E-state index contributed by atoms with van der Waals surface area (Å²) in [6.07, 6.45) is -0.250. The molecule has 0 saturated heterocycles. The van der Waals surface area contributed by atoms with Crippen molar-refractivity contribution in [3.63, 3.8) is 0 Å². The minimum Gasteiger partial charge on any atom is -0.591 e. The van der Waals surface area contributed by atoms with Crippen molar-refractivity contribution in [2.24, 2.45) is 11.4 Å². The Kier molecular flexibility index (Phi) is 9.98. The number of fused-ring (bicyclic) bond motifs is 2. The van der Waals surface area contributed by atoms with Crippen LogP contribution < -0.4 is 4.74 Å². The molecule has 0 radical (unpaired) electrons. The van der Waals surface area contributed by atoms with E-state index >= 15 is 0 Å². The Balaban J connectivity index is 1.86. The zero-order valence-electron chi connectivity index (χ0n) is 27.8. The van der Waals surface area contributed by atoms with Crippen molar-refractivity contribution in [3.8, 4) is 17.3 Å². The predicted molar refractivity (Wildman–Crippen MR) is 181 cm³/mol. The maximum absolute atomic E-state index is 12.8. The molecule has 0 amide bonds. The van der Waals surface area contributed by atoms with Crippen molar-refractivity contribution in [3.05, 3.63) is 41.6 Å². The van der Waals surface area contributed by atoms with Gasteiger partial charge in [0.1, 0.15) is 45.5 Å². The number of benzene rings is 1. The maximum atomic E-state index is 12.8. The second-order valence-corrected chi connectivity index (χ2v) is 21.0. The number of nitrogens with zero attached hydrogens (tertiary/aromatic N) is 5. The molecule has 12 heteroatoms. The Bertz CT molecular complexity index is 1700. The minimum atomic E-state index is -1.41. The molecule has 4 aromatic rings. The molecular weight excluding hydrogens is 595 g/mol. The largest absolute Gasteiger partial charge is 0.591 e. The predicted octanol–water partition coefficient (Wildman–Crippen LogP) is 6.75. The van der Waals surface area contributed by atoms with Gasteiger partial charge in [0.15, 0.2) is 5.82 Å². The van der Waals surface area contributed by atoms with Gasteiger partial charge in [0.2, 0.25) is 0 Å². The van der Waals surface area contributed by atoms with Gasteiger partial charge in [-0.3, -0.25) is 4.57 Å². The van der Waals surface area contributed by atoms with Crippen LogP contribution in [0, 0.1) is 0 Å². The fraction of sp³-hybridized carbons (Fsp3) is 0.500. The summed E-state index contributed by atoms with van der Waals surface area (Å²) in [6.45, 7) is 19.0. The summed E-state index contributed by atoms with van der Waals surface area (Å²) >= 11 is -1.41. The van der Waals surface area contributed by atoms with E-state index in [1.54, 1.807) is 19.2 Å². The van der Waals surface area contributed by atoms with Crippen molar-refractivity contribution in [2.75, 3.05) is 13.7 Å². The van der Waals surface area contributed by atoms with Crippen LogP contribution >= 0.6 is 0 Å². The summed E-state index contributed by atoms with van der Waals surface area (Å²) < 4.78 is 38.1. The number of hydrogen-bond donors (Lipinski definition) is 0. The number of carbonyl (C=O) groups is 1. The average molecular weight is 640 g/mol. The number of hydrogen-bond acceptors (Lipinski definition) is 8. The Hall–Kier alpha value is -3.19. The summed E-state index contributed by atoms with van der Waals surface area (Å²) in [7, 11) is 2.20. The summed E-state index contributed by atoms with van der Waals surface area (Å²) in [5.74, 6) is 0.756. The Morgan fingerprint density at radius 1 is 1.14 bits per heavy atom. The number of methoxy groups -OCH3 is 1. The van der Waals surface area contributed by atoms with Gasteiger partial charge in [0.05, 0.1) is 35.7 Å². The van der Waals surface area contributed by atoms with E-state index in [1.807, 2.05) is 75.9 Å². The number of carbonyl (C=O) groups excluding carboxylic acids is 1. The van der Waals surface area contributed by atoms with Crippen molar-refractivity contribution in [1.29, 1.82) is 0 Å². The highest BCUT2D eigenvalue weighted by atomic mass is 32.2. The van der Waals surface area contributed by atoms with Crippen molar-refractivity contribution in [1.82, 2.24) is 19.1 Å². The van der Waals surface area contributed by atoms with Gasteiger partial charge in [-0.2, -0.15) is 0 Å².